The lowest BCUT2D eigenvalue weighted by molar-refractivity contribution is -0.155. The first-order chi connectivity index (χ1) is 5.10. The molecule has 0 heterocycles. The predicted molar refractivity (Wildman–Crippen MR) is 48.4 cm³/mol. The molecular weight excluding hydrogens is 154 g/mol. The fourth-order valence-corrected chi connectivity index (χ4v) is 0.707. The molecule has 0 aromatic heterocycles. The molecule has 3 heteroatoms. The van der Waals surface area contributed by atoms with E-state index in [1.54, 1.807) is 6.92 Å². The van der Waals surface area contributed by atoms with Gasteiger partial charge in [0.05, 0.1) is 6.42 Å². The van der Waals surface area contributed by atoms with E-state index in [1.807, 2.05) is 20.8 Å². The molecule has 12 heavy (non-hydrogen) atoms. The van der Waals surface area contributed by atoms with Crippen LogP contribution in [0, 0.1) is 6.92 Å². The lowest BCUT2D eigenvalue weighted by atomic mass is 10.0. The van der Waals surface area contributed by atoms with E-state index in [0.717, 1.165) is 0 Å². The van der Waals surface area contributed by atoms with E-state index in [1.165, 1.54) is 0 Å². The number of ether oxygens (including phenoxy) is 1. The summed E-state index contributed by atoms with van der Waals surface area (Å²) in [5.41, 5.74) is 4.37. The number of carbonyl (C=O) groups excluding carboxylic acids is 1. The lowest BCUT2D eigenvalue weighted by Crippen LogP contribution is -2.37. The molecule has 1 radical (unpaired) electrons. The minimum absolute atomic E-state index is 0.143. The van der Waals surface area contributed by atoms with Gasteiger partial charge < -0.3 is 10.5 Å². The number of carbonyl (C=O) groups is 1. The molecule has 0 bridgehead atoms. The van der Waals surface area contributed by atoms with Crippen LogP contribution in [0.3, 0.4) is 0 Å². The highest BCUT2D eigenvalue weighted by molar-refractivity contribution is 5.71. The molecule has 0 amide bonds. The van der Waals surface area contributed by atoms with Crippen LogP contribution < -0.4 is 5.73 Å². The molecule has 1 unspecified atom stereocenters. The quantitative estimate of drug-likeness (QED) is 0.638. The summed E-state index contributed by atoms with van der Waals surface area (Å²) in [6, 6.07) is 0. The van der Waals surface area contributed by atoms with E-state index < -0.39 is 11.1 Å². The minimum Gasteiger partial charge on any atom is -0.460 e. The molecule has 0 rings (SSSR count). The van der Waals surface area contributed by atoms with Gasteiger partial charge in [0.15, 0.2) is 0 Å². The van der Waals surface area contributed by atoms with Crippen molar-refractivity contribution in [1.29, 1.82) is 0 Å². The van der Waals surface area contributed by atoms with E-state index in [4.69, 9.17) is 10.5 Å². The van der Waals surface area contributed by atoms with Crippen LogP contribution in [-0.4, -0.2) is 17.1 Å². The van der Waals surface area contributed by atoms with Crippen molar-refractivity contribution < 1.29 is 9.53 Å². The van der Waals surface area contributed by atoms with Crippen molar-refractivity contribution in [3.05, 3.63) is 6.92 Å². The monoisotopic (exact) mass is 172 g/mol. The summed E-state index contributed by atoms with van der Waals surface area (Å²) in [4.78, 5) is 11.1. The van der Waals surface area contributed by atoms with Crippen LogP contribution in [0.5, 0.6) is 0 Å². The van der Waals surface area contributed by atoms with Crippen LogP contribution in [0.15, 0.2) is 0 Å². The van der Waals surface area contributed by atoms with Crippen molar-refractivity contribution in [3.63, 3.8) is 0 Å². The van der Waals surface area contributed by atoms with Crippen LogP contribution in [0.1, 0.15) is 34.1 Å². The topological polar surface area (TPSA) is 52.3 Å². The van der Waals surface area contributed by atoms with Crippen LogP contribution in [0.25, 0.3) is 0 Å². The Morgan fingerprint density at radius 3 is 2.08 bits per heavy atom. The number of nitrogens with two attached hydrogens (primary N) is 1. The van der Waals surface area contributed by atoms with Gasteiger partial charge >= 0.3 is 5.97 Å². The third kappa shape index (κ3) is 7.54. The van der Waals surface area contributed by atoms with Gasteiger partial charge in [-0.05, 0) is 34.6 Å². The average Bonchev–Trinajstić information content (AvgIpc) is 1.49. The van der Waals surface area contributed by atoms with E-state index in [9.17, 15) is 4.79 Å². The zero-order valence-electron chi connectivity index (χ0n) is 8.31. The largest absolute Gasteiger partial charge is 0.460 e. The Balaban J connectivity index is 3.92. The third-order valence-corrected chi connectivity index (χ3v) is 0.968. The van der Waals surface area contributed by atoms with Crippen molar-refractivity contribution >= 4 is 5.97 Å². The van der Waals surface area contributed by atoms with Gasteiger partial charge in [0.25, 0.3) is 0 Å². The van der Waals surface area contributed by atoms with Crippen LogP contribution in [0.4, 0.5) is 0 Å². The fourth-order valence-electron chi connectivity index (χ4n) is 0.707. The highest BCUT2D eigenvalue weighted by atomic mass is 16.6. The summed E-state index contributed by atoms with van der Waals surface area (Å²) in [5.74, 6) is -0.303. The molecular formula is C9H18NO2. The fraction of sp³-hybridized carbons (Fsp3) is 0.778. The average molecular weight is 172 g/mol. The van der Waals surface area contributed by atoms with E-state index in [-0.39, 0.29) is 12.4 Å². The molecule has 0 spiro atoms. The van der Waals surface area contributed by atoms with Crippen LogP contribution >= 0.6 is 0 Å². The number of esters is 1. The first-order valence-corrected chi connectivity index (χ1v) is 3.96. The Morgan fingerprint density at radius 2 is 1.83 bits per heavy atom. The Hall–Kier alpha value is -0.570. The number of hydrogen-bond acceptors (Lipinski definition) is 3. The second-order valence-corrected chi connectivity index (χ2v) is 4.42. The molecule has 0 saturated carbocycles. The summed E-state index contributed by atoms with van der Waals surface area (Å²) in [5, 5.41) is 0. The molecule has 0 aliphatic rings. The second kappa shape index (κ2) is 3.44. The lowest BCUT2D eigenvalue weighted by Gasteiger charge is -2.23. The van der Waals surface area contributed by atoms with Gasteiger partial charge in [0.1, 0.15) is 5.60 Å². The summed E-state index contributed by atoms with van der Waals surface area (Å²) in [6.07, 6.45) is 0.143. The van der Waals surface area contributed by atoms with Crippen LogP contribution in [0.2, 0.25) is 0 Å². The van der Waals surface area contributed by atoms with Gasteiger partial charge in [-0.15, -0.1) is 0 Å². The van der Waals surface area contributed by atoms with Crippen molar-refractivity contribution in [1.82, 2.24) is 0 Å². The Bertz CT molecular complexity index is 144. The van der Waals surface area contributed by atoms with Crippen LogP contribution in [-0.2, 0) is 9.53 Å². The highest BCUT2D eigenvalue weighted by Crippen LogP contribution is 2.11. The molecule has 0 aromatic rings. The molecule has 71 valence electrons. The van der Waals surface area contributed by atoms with E-state index in [0.29, 0.717) is 0 Å². The summed E-state index contributed by atoms with van der Waals surface area (Å²) in [6.45, 7) is 10.8. The van der Waals surface area contributed by atoms with Gasteiger partial charge in [-0.3, -0.25) is 4.79 Å². The number of rotatable bonds is 2. The zero-order chi connectivity index (χ0) is 9.99. The highest BCUT2D eigenvalue weighted by Gasteiger charge is 2.22. The standard InChI is InChI=1S/C9H18NO2/c1-8(2,3)12-7(11)6-9(4,5)10/h4,6,10H2,1-3,5H3. The molecule has 0 aliphatic carbocycles. The first kappa shape index (κ1) is 11.4. The normalized spacial score (nSPS) is 12.8. The molecule has 0 aromatic carbocycles. The Morgan fingerprint density at radius 1 is 1.42 bits per heavy atom. The van der Waals surface area contributed by atoms with Gasteiger partial charge in [-0.25, -0.2) is 0 Å². The van der Waals surface area contributed by atoms with Gasteiger partial charge in [-0.2, -0.15) is 0 Å². The molecule has 1 atom stereocenters. The molecule has 0 aliphatic heterocycles. The molecule has 0 saturated heterocycles. The van der Waals surface area contributed by atoms with Crippen molar-refractivity contribution in [3.8, 4) is 0 Å². The zero-order valence-corrected chi connectivity index (χ0v) is 8.31. The summed E-state index contributed by atoms with van der Waals surface area (Å²) < 4.78 is 5.05. The number of hydrogen-bond donors (Lipinski definition) is 1. The summed E-state index contributed by atoms with van der Waals surface area (Å²) >= 11 is 0. The molecule has 0 fully saturated rings. The molecule has 3 nitrogen and oxygen atoms in total. The van der Waals surface area contributed by atoms with Crippen molar-refractivity contribution in [2.24, 2.45) is 5.73 Å². The van der Waals surface area contributed by atoms with Crippen molar-refractivity contribution in [2.75, 3.05) is 0 Å². The third-order valence-electron chi connectivity index (χ3n) is 0.968. The van der Waals surface area contributed by atoms with E-state index >= 15 is 0 Å². The first-order valence-electron chi connectivity index (χ1n) is 3.96. The van der Waals surface area contributed by atoms with E-state index in [2.05, 4.69) is 6.92 Å². The SMILES string of the molecule is [CH2]C(C)(N)CC(=O)OC(C)(C)C. The maximum atomic E-state index is 11.1. The second-order valence-electron chi connectivity index (χ2n) is 4.42. The van der Waals surface area contributed by atoms with Gasteiger partial charge in [-0.1, -0.05) is 0 Å². The van der Waals surface area contributed by atoms with Crippen molar-refractivity contribution in [2.45, 2.75) is 45.3 Å². The Kier molecular flexibility index (Phi) is 3.27. The molecule has 2 N–H and O–H groups in total. The smallest absolute Gasteiger partial charge is 0.308 e. The Labute approximate surface area is 74.3 Å². The maximum Gasteiger partial charge on any atom is 0.308 e. The maximum absolute atomic E-state index is 11.1. The van der Waals surface area contributed by atoms with Gasteiger partial charge in [0.2, 0.25) is 0 Å². The van der Waals surface area contributed by atoms with Gasteiger partial charge in [0, 0.05) is 5.54 Å². The minimum atomic E-state index is -0.734. The predicted octanol–water partition coefficient (Wildman–Crippen LogP) is 1.27. The summed E-state index contributed by atoms with van der Waals surface area (Å²) in [7, 11) is 0.